The summed E-state index contributed by atoms with van der Waals surface area (Å²) in [7, 11) is 0. The van der Waals surface area contributed by atoms with Crippen molar-refractivity contribution in [2.75, 3.05) is 0 Å². The predicted molar refractivity (Wildman–Crippen MR) is 145 cm³/mol. The van der Waals surface area contributed by atoms with Crippen molar-refractivity contribution in [1.29, 1.82) is 0 Å². The van der Waals surface area contributed by atoms with Crippen LogP contribution in [0.15, 0.2) is 35.5 Å². The summed E-state index contributed by atoms with van der Waals surface area (Å²) in [6.45, 7) is 9.22. The molecule has 0 aromatic carbocycles. The Balaban J connectivity index is 1.46. The summed E-state index contributed by atoms with van der Waals surface area (Å²) in [5, 5.41) is 31.1. The number of aliphatic hydroxyl groups excluding tert-OH is 3. The quantitative estimate of drug-likeness (QED) is 0.320. The molecule has 4 nitrogen and oxygen atoms in total. The van der Waals surface area contributed by atoms with Gasteiger partial charge in [-0.1, -0.05) is 69.6 Å². The summed E-state index contributed by atoms with van der Waals surface area (Å²) >= 11 is 0. The lowest BCUT2D eigenvalue weighted by molar-refractivity contribution is -0.127. The molecule has 0 aliphatic heterocycles. The molecule has 3 N–H and O–H groups in total. The van der Waals surface area contributed by atoms with Crippen LogP contribution in [0, 0.1) is 28.1 Å². The predicted octanol–water partition coefficient (Wildman–Crippen LogP) is 6.44. The molecule has 6 atom stereocenters. The van der Waals surface area contributed by atoms with E-state index in [1.54, 1.807) is 0 Å². The third kappa shape index (κ3) is 5.61. The number of carbonyl (C=O) groups excluding carboxylic acids is 1. The zero-order valence-corrected chi connectivity index (χ0v) is 23.1. The van der Waals surface area contributed by atoms with Crippen LogP contribution in [0.1, 0.15) is 111 Å². The Morgan fingerprint density at radius 2 is 1.81 bits per heavy atom. The van der Waals surface area contributed by atoms with E-state index < -0.39 is 23.7 Å². The maximum absolute atomic E-state index is 12.8. The second-order valence-corrected chi connectivity index (χ2v) is 13.4. The van der Waals surface area contributed by atoms with Crippen molar-refractivity contribution in [3.05, 3.63) is 35.5 Å². The fraction of sp³-hybridized carbons (Fsp3) is 0.781. The van der Waals surface area contributed by atoms with Crippen LogP contribution in [0.3, 0.4) is 0 Å². The highest BCUT2D eigenvalue weighted by Gasteiger charge is 2.55. The molecule has 0 heterocycles. The van der Waals surface area contributed by atoms with Crippen LogP contribution >= 0.6 is 0 Å². The van der Waals surface area contributed by atoms with Gasteiger partial charge < -0.3 is 15.3 Å². The Morgan fingerprint density at radius 3 is 2.44 bits per heavy atom. The second kappa shape index (κ2) is 10.9. The molecule has 4 aliphatic rings. The topological polar surface area (TPSA) is 77.8 Å². The molecule has 0 amide bonds. The smallest absolute Gasteiger partial charge is 0.141 e. The summed E-state index contributed by atoms with van der Waals surface area (Å²) in [4.78, 5) is 12.8. The van der Waals surface area contributed by atoms with Crippen LogP contribution < -0.4 is 0 Å². The molecule has 0 radical (unpaired) electrons. The maximum Gasteiger partial charge on any atom is 0.141 e. The Kier molecular flexibility index (Phi) is 8.39. The van der Waals surface area contributed by atoms with E-state index in [0.717, 1.165) is 37.7 Å². The van der Waals surface area contributed by atoms with E-state index in [0.29, 0.717) is 37.5 Å². The highest BCUT2D eigenvalue weighted by atomic mass is 16.3. The van der Waals surface area contributed by atoms with E-state index in [9.17, 15) is 20.1 Å². The van der Waals surface area contributed by atoms with E-state index in [1.165, 1.54) is 31.3 Å². The number of Topliss-reactive ketones (excluding diaryl/α,β-unsaturated/α-hetero) is 1. The molecule has 202 valence electrons. The molecular formula is C32H50O4. The van der Waals surface area contributed by atoms with Gasteiger partial charge in [-0.25, -0.2) is 0 Å². The molecule has 0 unspecified atom stereocenters. The number of fused-ring (bicyclic) bond motifs is 1. The lowest BCUT2D eigenvalue weighted by atomic mass is 9.57. The van der Waals surface area contributed by atoms with Gasteiger partial charge in [-0.3, -0.25) is 4.79 Å². The van der Waals surface area contributed by atoms with Gasteiger partial charge in [0.15, 0.2) is 0 Å². The van der Waals surface area contributed by atoms with Crippen molar-refractivity contribution in [1.82, 2.24) is 0 Å². The second-order valence-electron chi connectivity index (χ2n) is 13.4. The maximum atomic E-state index is 12.8. The van der Waals surface area contributed by atoms with Crippen LogP contribution in [0.4, 0.5) is 0 Å². The highest BCUT2D eigenvalue weighted by molar-refractivity contribution is 5.88. The molecule has 36 heavy (non-hydrogen) atoms. The van der Waals surface area contributed by atoms with E-state index in [-0.39, 0.29) is 16.6 Å². The molecule has 0 aromatic heterocycles. The number of ketones is 1. The van der Waals surface area contributed by atoms with Gasteiger partial charge in [0.05, 0.1) is 23.7 Å². The lowest BCUT2D eigenvalue weighted by Crippen LogP contribution is -2.39. The zero-order chi connectivity index (χ0) is 26.1. The van der Waals surface area contributed by atoms with Crippen LogP contribution in [-0.2, 0) is 4.79 Å². The van der Waals surface area contributed by atoms with Crippen molar-refractivity contribution in [3.63, 3.8) is 0 Å². The molecule has 0 bridgehead atoms. The van der Waals surface area contributed by atoms with Gasteiger partial charge in [0, 0.05) is 6.42 Å². The monoisotopic (exact) mass is 498 g/mol. The number of hydrogen-bond acceptors (Lipinski definition) is 4. The van der Waals surface area contributed by atoms with Crippen molar-refractivity contribution in [3.8, 4) is 0 Å². The third-order valence-corrected chi connectivity index (χ3v) is 10.3. The first-order valence-corrected chi connectivity index (χ1v) is 14.7. The number of rotatable bonds is 9. The molecule has 4 rings (SSSR count). The van der Waals surface area contributed by atoms with Crippen molar-refractivity contribution in [2.24, 2.45) is 28.1 Å². The molecule has 4 fully saturated rings. The molecule has 0 spiro atoms. The van der Waals surface area contributed by atoms with E-state index in [1.807, 2.05) is 6.08 Å². The number of allylic oxidation sites excluding steroid dienone is 4. The number of carbonyl (C=O) groups is 1. The minimum Gasteiger partial charge on any atom is -0.393 e. The normalized spacial score (nSPS) is 36.2. The highest BCUT2D eigenvalue weighted by Crippen LogP contribution is 2.62. The van der Waals surface area contributed by atoms with Gasteiger partial charge in [0.2, 0.25) is 0 Å². The van der Waals surface area contributed by atoms with Crippen LogP contribution in [-0.4, -0.2) is 39.4 Å². The molecule has 0 aromatic rings. The van der Waals surface area contributed by atoms with E-state index >= 15 is 0 Å². The molecule has 4 heteroatoms. The minimum absolute atomic E-state index is 0.0501. The largest absolute Gasteiger partial charge is 0.393 e. The first-order chi connectivity index (χ1) is 17.0. The van der Waals surface area contributed by atoms with Gasteiger partial charge in [-0.15, -0.1) is 0 Å². The van der Waals surface area contributed by atoms with Crippen molar-refractivity contribution >= 4 is 5.78 Å². The average molecular weight is 499 g/mol. The standard InChI is InChI=1S/C32H50O4/c1-5-6-9-28(35)32(17-18-32)29(36)14-16-30(2,3)27-13-12-26-23(8-7-15-31(26,27)4)11-10-22-19-24(33)21-25(34)20-22/h10-11,14,16,24-27,29,33-34,36H,5-9,12-13,15,17-21H2,1-4H3/b16-14+,23-11+/t24-,25-,26+,27-,29-,31+/m1/s1. The van der Waals surface area contributed by atoms with E-state index in [4.69, 9.17) is 0 Å². The average Bonchev–Trinajstić information content (AvgIpc) is 3.55. The summed E-state index contributed by atoms with van der Waals surface area (Å²) in [6, 6.07) is 0. The Morgan fingerprint density at radius 1 is 1.11 bits per heavy atom. The Bertz CT molecular complexity index is 880. The van der Waals surface area contributed by atoms with Crippen molar-refractivity contribution in [2.45, 2.75) is 129 Å². The van der Waals surface area contributed by atoms with Crippen LogP contribution in [0.2, 0.25) is 0 Å². The SMILES string of the molecule is CCCCC(=O)C1([C@H](O)/C=C/C(C)(C)[C@H]2CC[C@H]3/C(=C/C=C4C[C@@H](O)C[C@H](O)C4)CCC[C@]23C)CC1. The van der Waals surface area contributed by atoms with Crippen LogP contribution in [0.25, 0.3) is 0 Å². The molecule has 4 aliphatic carbocycles. The van der Waals surface area contributed by atoms with Gasteiger partial charge in [-0.2, -0.15) is 0 Å². The van der Waals surface area contributed by atoms with Gasteiger partial charge >= 0.3 is 0 Å². The molecular weight excluding hydrogens is 448 g/mol. The fourth-order valence-electron chi connectivity index (χ4n) is 8.09. The number of hydrogen-bond donors (Lipinski definition) is 3. The fourth-order valence-corrected chi connectivity index (χ4v) is 8.09. The molecule has 4 saturated carbocycles. The zero-order valence-electron chi connectivity index (χ0n) is 23.1. The van der Waals surface area contributed by atoms with E-state index in [2.05, 4.69) is 45.9 Å². The first-order valence-electron chi connectivity index (χ1n) is 14.7. The minimum atomic E-state index is -0.666. The van der Waals surface area contributed by atoms with Gasteiger partial charge in [0.25, 0.3) is 0 Å². The van der Waals surface area contributed by atoms with Crippen LogP contribution in [0.5, 0.6) is 0 Å². The lowest BCUT2D eigenvalue weighted by Gasteiger charge is -2.47. The van der Waals surface area contributed by atoms with Gasteiger partial charge in [-0.05, 0) is 93.3 Å². The third-order valence-electron chi connectivity index (χ3n) is 10.3. The molecule has 0 saturated heterocycles. The van der Waals surface area contributed by atoms with Crippen molar-refractivity contribution < 1.29 is 20.1 Å². The summed E-state index contributed by atoms with van der Waals surface area (Å²) < 4.78 is 0. The Hall–Kier alpha value is -1.23. The first kappa shape index (κ1) is 27.8. The number of aliphatic hydroxyl groups is 3. The number of unbranched alkanes of at least 4 members (excludes halogenated alkanes) is 1. The summed E-state index contributed by atoms with van der Waals surface area (Å²) in [5.41, 5.74) is 2.35. The Labute approximate surface area is 219 Å². The summed E-state index contributed by atoms with van der Waals surface area (Å²) in [6.07, 6.45) is 19.1. The summed E-state index contributed by atoms with van der Waals surface area (Å²) in [5.74, 6) is 1.34. The van der Waals surface area contributed by atoms with Gasteiger partial charge in [0.1, 0.15) is 5.78 Å².